The van der Waals surface area contributed by atoms with Crippen molar-refractivity contribution in [2.45, 2.75) is 70.1 Å². The van der Waals surface area contributed by atoms with E-state index in [0.717, 1.165) is 25.1 Å². The second kappa shape index (κ2) is 11.6. The zero-order valence-corrected chi connectivity index (χ0v) is 18.1. The van der Waals surface area contributed by atoms with Gasteiger partial charge in [0.25, 0.3) is 0 Å². The van der Waals surface area contributed by atoms with E-state index >= 15 is 0 Å². The number of ether oxygens (including phenoxy) is 1. The first kappa shape index (κ1) is 22.9. The average molecular weight is 429 g/mol. The van der Waals surface area contributed by atoms with Crippen LogP contribution in [-0.4, -0.2) is 39.1 Å². The number of rotatable bonds is 12. The zero-order chi connectivity index (χ0) is 22.1. The Labute approximate surface area is 183 Å². The monoisotopic (exact) mass is 428 g/mol. The van der Waals surface area contributed by atoms with E-state index in [2.05, 4.69) is 15.6 Å². The largest absolute Gasteiger partial charge is 0.479 e. The first-order chi connectivity index (χ1) is 15.1. The van der Waals surface area contributed by atoms with Crippen molar-refractivity contribution in [2.24, 2.45) is 5.92 Å². The van der Waals surface area contributed by atoms with Gasteiger partial charge in [-0.05, 0) is 37.2 Å². The van der Waals surface area contributed by atoms with Crippen LogP contribution in [0.5, 0.6) is 0 Å². The number of methoxy groups -OCH3 is 1. The number of carboxylic acid groups (broad SMARTS) is 1. The molecular weight excluding hydrogens is 396 g/mol. The van der Waals surface area contributed by atoms with Crippen LogP contribution in [0.2, 0.25) is 0 Å². The van der Waals surface area contributed by atoms with E-state index in [-0.39, 0.29) is 12.0 Å². The molecule has 2 atom stereocenters. The zero-order valence-electron chi connectivity index (χ0n) is 18.1. The Kier molecular flexibility index (Phi) is 8.58. The van der Waals surface area contributed by atoms with Gasteiger partial charge in [-0.3, -0.25) is 9.48 Å². The molecular formula is C23H32N4O4. The summed E-state index contributed by atoms with van der Waals surface area (Å²) in [6.45, 7) is 0.734. The van der Waals surface area contributed by atoms with Gasteiger partial charge in [-0.25, -0.2) is 4.79 Å². The van der Waals surface area contributed by atoms with Gasteiger partial charge in [0.05, 0.1) is 6.20 Å². The van der Waals surface area contributed by atoms with Crippen molar-refractivity contribution in [1.29, 1.82) is 0 Å². The highest BCUT2D eigenvalue weighted by molar-refractivity contribution is 5.84. The van der Waals surface area contributed by atoms with Crippen LogP contribution in [-0.2, 0) is 20.9 Å². The summed E-state index contributed by atoms with van der Waals surface area (Å²) in [5, 5.41) is 20.5. The minimum absolute atomic E-state index is 0.0201. The summed E-state index contributed by atoms with van der Waals surface area (Å²) in [4.78, 5) is 23.7. The van der Waals surface area contributed by atoms with Crippen molar-refractivity contribution in [1.82, 2.24) is 20.3 Å². The number of carbonyl (C=O) groups excluding carboxylic acids is 1. The van der Waals surface area contributed by atoms with Gasteiger partial charge < -0.3 is 15.2 Å². The summed E-state index contributed by atoms with van der Waals surface area (Å²) in [7, 11) is 1.74. The molecule has 8 heteroatoms. The van der Waals surface area contributed by atoms with Gasteiger partial charge in [0.1, 0.15) is 11.8 Å². The van der Waals surface area contributed by atoms with Crippen LogP contribution < -0.4 is 5.32 Å². The molecule has 1 aromatic carbocycles. The molecule has 3 rings (SSSR count). The van der Waals surface area contributed by atoms with Crippen molar-refractivity contribution in [3.05, 3.63) is 47.8 Å². The maximum Gasteiger partial charge on any atom is 0.330 e. The molecule has 1 unspecified atom stereocenters. The lowest BCUT2D eigenvalue weighted by atomic mass is 9.98. The minimum Gasteiger partial charge on any atom is -0.479 e. The number of carboxylic acids is 1. The quantitative estimate of drug-likeness (QED) is 0.500. The topological polar surface area (TPSA) is 106 Å². The van der Waals surface area contributed by atoms with Gasteiger partial charge in [0, 0.05) is 20.1 Å². The van der Waals surface area contributed by atoms with Gasteiger partial charge in [-0.1, -0.05) is 54.8 Å². The molecule has 31 heavy (non-hydrogen) atoms. The summed E-state index contributed by atoms with van der Waals surface area (Å²) >= 11 is 0. The van der Waals surface area contributed by atoms with Crippen molar-refractivity contribution in [2.75, 3.05) is 7.11 Å². The molecule has 2 aromatic rings. The van der Waals surface area contributed by atoms with E-state index in [9.17, 15) is 14.7 Å². The molecule has 1 saturated carbocycles. The molecule has 1 aromatic heterocycles. The molecule has 2 N–H and O–H groups in total. The smallest absolute Gasteiger partial charge is 0.330 e. The SMILES string of the molecule is COC(c1cn(CCCCCC(=O)N[C@H](C(=O)O)c2ccccc2)nn1)C1CCCC1. The summed E-state index contributed by atoms with van der Waals surface area (Å²) < 4.78 is 7.52. The van der Waals surface area contributed by atoms with E-state index in [4.69, 9.17) is 4.74 Å². The maximum atomic E-state index is 12.2. The molecule has 0 aliphatic heterocycles. The Bertz CT molecular complexity index is 833. The van der Waals surface area contributed by atoms with E-state index in [1.165, 1.54) is 25.7 Å². The Hall–Kier alpha value is -2.74. The van der Waals surface area contributed by atoms with Crippen LogP contribution in [0.25, 0.3) is 0 Å². The molecule has 1 heterocycles. The van der Waals surface area contributed by atoms with E-state index in [0.29, 0.717) is 24.3 Å². The fourth-order valence-corrected chi connectivity index (χ4v) is 4.27. The number of hydrogen-bond acceptors (Lipinski definition) is 5. The third kappa shape index (κ3) is 6.62. The van der Waals surface area contributed by atoms with Gasteiger partial charge in [0.15, 0.2) is 6.04 Å². The lowest BCUT2D eigenvalue weighted by molar-refractivity contribution is -0.142. The highest BCUT2D eigenvalue weighted by Crippen LogP contribution is 2.36. The number of benzene rings is 1. The minimum atomic E-state index is -1.06. The lowest BCUT2D eigenvalue weighted by Crippen LogP contribution is -2.33. The predicted molar refractivity (Wildman–Crippen MR) is 115 cm³/mol. The molecule has 168 valence electrons. The number of carbonyl (C=O) groups is 2. The highest BCUT2D eigenvalue weighted by atomic mass is 16.5. The second-order valence-electron chi connectivity index (χ2n) is 8.17. The number of hydrogen-bond donors (Lipinski definition) is 2. The predicted octanol–water partition coefficient (Wildman–Crippen LogP) is 3.66. The number of nitrogens with zero attached hydrogens (tertiary/aromatic N) is 3. The number of nitrogens with one attached hydrogen (secondary N) is 1. The van der Waals surface area contributed by atoms with Gasteiger partial charge in [-0.15, -0.1) is 5.10 Å². The van der Waals surface area contributed by atoms with Crippen molar-refractivity contribution >= 4 is 11.9 Å². The molecule has 8 nitrogen and oxygen atoms in total. The Morgan fingerprint density at radius 1 is 1.19 bits per heavy atom. The molecule has 1 aliphatic carbocycles. The normalized spacial score (nSPS) is 16.2. The van der Waals surface area contributed by atoms with Crippen LogP contribution in [0.4, 0.5) is 0 Å². The van der Waals surface area contributed by atoms with Crippen LogP contribution in [0.3, 0.4) is 0 Å². The number of aromatic nitrogens is 3. The number of aliphatic carboxylic acids is 1. The van der Waals surface area contributed by atoms with Crippen molar-refractivity contribution in [3.8, 4) is 0 Å². The number of unbranched alkanes of at least 4 members (excludes halogenated alkanes) is 2. The van der Waals surface area contributed by atoms with Crippen LogP contribution >= 0.6 is 0 Å². The van der Waals surface area contributed by atoms with Crippen LogP contribution in [0, 0.1) is 5.92 Å². The van der Waals surface area contributed by atoms with Crippen molar-refractivity contribution in [3.63, 3.8) is 0 Å². The number of aryl methyl sites for hydroxylation is 1. The Balaban J connectivity index is 1.38. The summed E-state index contributed by atoms with van der Waals surface area (Å²) in [5.41, 5.74) is 1.46. The van der Waals surface area contributed by atoms with Gasteiger partial charge in [0.2, 0.25) is 5.91 Å². The molecule has 0 saturated heterocycles. The van der Waals surface area contributed by atoms with Crippen LogP contribution in [0.1, 0.15) is 74.8 Å². The highest BCUT2D eigenvalue weighted by Gasteiger charge is 2.28. The fraction of sp³-hybridized carbons (Fsp3) is 0.565. The van der Waals surface area contributed by atoms with E-state index in [1.807, 2.05) is 16.9 Å². The van der Waals surface area contributed by atoms with Crippen LogP contribution in [0.15, 0.2) is 36.5 Å². The fourth-order valence-electron chi connectivity index (χ4n) is 4.27. The third-order valence-electron chi connectivity index (χ3n) is 5.91. The Morgan fingerprint density at radius 2 is 1.94 bits per heavy atom. The maximum absolute atomic E-state index is 12.2. The first-order valence-corrected chi connectivity index (χ1v) is 11.1. The molecule has 0 bridgehead atoms. The molecule has 1 amide bonds. The molecule has 0 spiro atoms. The van der Waals surface area contributed by atoms with Crippen molar-refractivity contribution < 1.29 is 19.4 Å². The average Bonchev–Trinajstić information content (AvgIpc) is 3.46. The van der Waals surface area contributed by atoms with E-state index < -0.39 is 12.0 Å². The standard InChI is InChI=1S/C23H32N4O4/c1-31-22(18-12-7-8-13-18)19-16-27(26-25-19)15-9-3-6-14-20(28)24-21(23(29)30)17-10-4-2-5-11-17/h2,4-5,10-11,16,18,21-22H,3,6-9,12-15H2,1H3,(H,24,28)(H,29,30)/t21-,22?/m0/s1. The summed E-state index contributed by atoms with van der Waals surface area (Å²) in [5.74, 6) is -0.786. The molecule has 1 fully saturated rings. The third-order valence-corrected chi connectivity index (χ3v) is 5.91. The van der Waals surface area contributed by atoms with E-state index in [1.54, 1.807) is 31.4 Å². The summed E-state index contributed by atoms with van der Waals surface area (Å²) in [6.07, 6.45) is 9.57. The van der Waals surface area contributed by atoms with Gasteiger partial charge in [-0.2, -0.15) is 0 Å². The Morgan fingerprint density at radius 3 is 2.61 bits per heavy atom. The molecule has 0 radical (unpaired) electrons. The molecule has 1 aliphatic rings. The number of amides is 1. The summed E-state index contributed by atoms with van der Waals surface area (Å²) in [6, 6.07) is 7.71. The first-order valence-electron chi connectivity index (χ1n) is 11.1. The lowest BCUT2D eigenvalue weighted by Gasteiger charge is -2.19. The second-order valence-corrected chi connectivity index (χ2v) is 8.17. The van der Waals surface area contributed by atoms with Gasteiger partial charge >= 0.3 is 5.97 Å².